The standard InChI is InChI=1S/C34H33Cl4N3O4S/c1-3-23(2)39-34(43)31(19-24-11-6-4-7-12-24)40(21-25-17-18-26(35)20-29(25)37)32(42)22-41(30-16-10-15-28(36)33(30)38)46(44,45)27-13-8-5-9-14-27/h4-18,20,23,31H,3,19,21-22H2,1-2H3,(H,39,43)/t23-,31+/m1/s1. The van der Waals surface area contributed by atoms with Gasteiger partial charge in [0.2, 0.25) is 11.8 Å². The molecule has 0 aliphatic rings. The molecule has 46 heavy (non-hydrogen) atoms. The molecule has 0 aliphatic carbocycles. The maximum atomic E-state index is 14.6. The number of hydrogen-bond acceptors (Lipinski definition) is 4. The summed E-state index contributed by atoms with van der Waals surface area (Å²) >= 11 is 25.6. The predicted molar refractivity (Wildman–Crippen MR) is 186 cm³/mol. The van der Waals surface area contributed by atoms with Crippen molar-refractivity contribution in [2.75, 3.05) is 10.8 Å². The molecule has 0 bridgehead atoms. The Balaban J connectivity index is 1.85. The van der Waals surface area contributed by atoms with Crippen LogP contribution in [0.1, 0.15) is 31.4 Å². The molecule has 0 heterocycles. The molecule has 2 amide bonds. The van der Waals surface area contributed by atoms with Crippen molar-refractivity contribution >= 4 is 73.9 Å². The van der Waals surface area contributed by atoms with Crippen molar-refractivity contribution < 1.29 is 18.0 Å². The van der Waals surface area contributed by atoms with Gasteiger partial charge in [0, 0.05) is 29.1 Å². The quantitative estimate of drug-likeness (QED) is 0.152. The highest BCUT2D eigenvalue weighted by Gasteiger charge is 2.36. The van der Waals surface area contributed by atoms with Crippen LogP contribution in [0.3, 0.4) is 0 Å². The van der Waals surface area contributed by atoms with Gasteiger partial charge in [-0.05, 0) is 60.9 Å². The van der Waals surface area contributed by atoms with Gasteiger partial charge in [0.1, 0.15) is 12.6 Å². The van der Waals surface area contributed by atoms with Gasteiger partial charge in [-0.25, -0.2) is 8.42 Å². The minimum absolute atomic E-state index is 0.0134. The summed E-state index contributed by atoms with van der Waals surface area (Å²) in [7, 11) is -4.34. The van der Waals surface area contributed by atoms with E-state index in [0.29, 0.717) is 17.0 Å². The van der Waals surface area contributed by atoms with Crippen LogP contribution < -0.4 is 9.62 Å². The largest absolute Gasteiger partial charge is 0.352 e. The molecule has 0 radical (unpaired) electrons. The first-order valence-corrected chi connectivity index (χ1v) is 17.5. The van der Waals surface area contributed by atoms with Crippen molar-refractivity contribution in [2.45, 2.75) is 50.2 Å². The first-order valence-electron chi connectivity index (χ1n) is 14.5. The van der Waals surface area contributed by atoms with Crippen molar-refractivity contribution in [2.24, 2.45) is 0 Å². The molecule has 1 N–H and O–H groups in total. The van der Waals surface area contributed by atoms with E-state index in [9.17, 15) is 18.0 Å². The highest BCUT2D eigenvalue weighted by molar-refractivity contribution is 7.92. The lowest BCUT2D eigenvalue weighted by Crippen LogP contribution is -2.54. The molecular weight excluding hydrogens is 688 g/mol. The first-order chi connectivity index (χ1) is 21.9. The highest BCUT2D eigenvalue weighted by atomic mass is 35.5. The number of rotatable bonds is 13. The number of anilines is 1. The number of sulfonamides is 1. The highest BCUT2D eigenvalue weighted by Crippen LogP contribution is 2.36. The minimum atomic E-state index is -4.34. The van der Waals surface area contributed by atoms with E-state index in [0.717, 1.165) is 9.87 Å². The van der Waals surface area contributed by atoms with E-state index in [1.807, 2.05) is 44.2 Å². The molecule has 0 saturated carbocycles. The summed E-state index contributed by atoms with van der Waals surface area (Å²) in [5, 5.41) is 3.75. The second kappa shape index (κ2) is 16.0. The van der Waals surface area contributed by atoms with Gasteiger partial charge in [0.15, 0.2) is 0 Å². The summed E-state index contributed by atoms with van der Waals surface area (Å²) in [6.07, 6.45) is 0.820. The number of hydrogen-bond donors (Lipinski definition) is 1. The number of carbonyl (C=O) groups is 2. The van der Waals surface area contributed by atoms with E-state index >= 15 is 0 Å². The number of halogens is 4. The number of nitrogens with one attached hydrogen (secondary N) is 1. The van der Waals surface area contributed by atoms with Crippen molar-refractivity contribution in [3.05, 3.63) is 128 Å². The lowest BCUT2D eigenvalue weighted by Gasteiger charge is -2.34. The van der Waals surface area contributed by atoms with E-state index in [1.54, 1.807) is 42.5 Å². The van der Waals surface area contributed by atoms with Crippen LogP contribution in [-0.2, 0) is 32.6 Å². The van der Waals surface area contributed by atoms with E-state index in [2.05, 4.69) is 5.32 Å². The van der Waals surface area contributed by atoms with Crippen molar-refractivity contribution in [3.63, 3.8) is 0 Å². The Labute approximate surface area is 290 Å². The Hall–Kier alpha value is -3.27. The normalized spacial score (nSPS) is 12.7. The van der Waals surface area contributed by atoms with Crippen LogP contribution in [0.25, 0.3) is 0 Å². The van der Waals surface area contributed by atoms with E-state index in [-0.39, 0.29) is 44.7 Å². The maximum Gasteiger partial charge on any atom is 0.264 e. The van der Waals surface area contributed by atoms with Gasteiger partial charge in [-0.3, -0.25) is 13.9 Å². The smallest absolute Gasteiger partial charge is 0.264 e. The molecule has 4 aromatic rings. The van der Waals surface area contributed by atoms with Crippen molar-refractivity contribution in [3.8, 4) is 0 Å². The second-order valence-electron chi connectivity index (χ2n) is 10.7. The van der Waals surface area contributed by atoms with Crippen LogP contribution in [0, 0.1) is 0 Å². The summed E-state index contributed by atoms with van der Waals surface area (Å²) in [5.41, 5.74) is 1.34. The number of nitrogens with zero attached hydrogens (tertiary/aromatic N) is 2. The monoisotopic (exact) mass is 719 g/mol. The molecule has 0 aromatic heterocycles. The third kappa shape index (κ3) is 8.75. The molecule has 0 unspecified atom stereocenters. The summed E-state index contributed by atoms with van der Waals surface area (Å²) < 4.78 is 29.2. The number of carbonyl (C=O) groups excluding carboxylic acids is 2. The predicted octanol–water partition coefficient (Wildman–Crippen LogP) is 8.05. The maximum absolute atomic E-state index is 14.6. The summed E-state index contributed by atoms with van der Waals surface area (Å²) in [5.74, 6) is -1.06. The average molecular weight is 722 g/mol. The number of benzene rings is 4. The Bertz CT molecular complexity index is 1780. The molecule has 7 nitrogen and oxygen atoms in total. The third-order valence-corrected chi connectivity index (χ3v) is 10.6. The molecule has 0 spiro atoms. The lowest BCUT2D eigenvalue weighted by atomic mass is 10.0. The Morgan fingerprint density at radius 1 is 0.826 bits per heavy atom. The third-order valence-electron chi connectivity index (χ3n) is 7.44. The van der Waals surface area contributed by atoms with Gasteiger partial charge in [-0.2, -0.15) is 0 Å². The number of amides is 2. The SMILES string of the molecule is CC[C@@H](C)NC(=O)[C@H](Cc1ccccc1)N(Cc1ccc(Cl)cc1Cl)C(=O)CN(c1cccc(Cl)c1Cl)S(=O)(=O)c1ccccc1. The molecule has 0 fully saturated rings. The fraction of sp³-hybridized carbons (Fsp3) is 0.235. The fourth-order valence-electron chi connectivity index (χ4n) is 4.75. The molecule has 0 saturated heterocycles. The Morgan fingerprint density at radius 2 is 1.48 bits per heavy atom. The van der Waals surface area contributed by atoms with Crippen LogP contribution in [0.4, 0.5) is 5.69 Å². The molecule has 12 heteroatoms. The van der Waals surface area contributed by atoms with Gasteiger partial charge < -0.3 is 10.2 Å². The van der Waals surface area contributed by atoms with Crippen LogP contribution in [0.5, 0.6) is 0 Å². The van der Waals surface area contributed by atoms with Crippen LogP contribution in [0.15, 0.2) is 102 Å². The lowest BCUT2D eigenvalue weighted by molar-refractivity contribution is -0.140. The zero-order valence-electron chi connectivity index (χ0n) is 25.2. The van der Waals surface area contributed by atoms with Crippen molar-refractivity contribution in [1.29, 1.82) is 0 Å². The zero-order chi connectivity index (χ0) is 33.4. The van der Waals surface area contributed by atoms with Crippen molar-refractivity contribution in [1.82, 2.24) is 10.2 Å². The molecule has 0 aliphatic heterocycles. The van der Waals surface area contributed by atoms with Gasteiger partial charge >= 0.3 is 0 Å². The first kappa shape index (κ1) is 35.6. The summed E-state index contributed by atoms with van der Waals surface area (Å²) in [6.45, 7) is 3.01. The molecule has 242 valence electrons. The van der Waals surface area contributed by atoms with Crippen LogP contribution in [0.2, 0.25) is 20.1 Å². The zero-order valence-corrected chi connectivity index (χ0v) is 29.0. The summed E-state index contributed by atoms with van der Waals surface area (Å²) in [6, 6.07) is 25.1. The van der Waals surface area contributed by atoms with Crippen LogP contribution >= 0.6 is 46.4 Å². The van der Waals surface area contributed by atoms with E-state index in [4.69, 9.17) is 46.4 Å². The van der Waals surface area contributed by atoms with E-state index in [1.165, 1.54) is 29.2 Å². The van der Waals surface area contributed by atoms with E-state index < -0.39 is 34.4 Å². The molecular formula is C34H33Cl4N3O4S. The van der Waals surface area contributed by atoms with Gasteiger partial charge in [0.25, 0.3) is 10.0 Å². The average Bonchev–Trinajstić information content (AvgIpc) is 3.04. The van der Waals surface area contributed by atoms with Gasteiger partial charge in [0.05, 0.1) is 20.6 Å². The summed E-state index contributed by atoms with van der Waals surface area (Å²) in [4.78, 5) is 29.8. The fourth-order valence-corrected chi connectivity index (χ4v) is 7.11. The topological polar surface area (TPSA) is 86.8 Å². The molecule has 2 atom stereocenters. The Kier molecular flexibility index (Phi) is 12.4. The molecule has 4 aromatic carbocycles. The van der Waals surface area contributed by atoms with Gasteiger partial charge in [-0.1, -0.05) is 114 Å². The minimum Gasteiger partial charge on any atom is -0.352 e. The van der Waals surface area contributed by atoms with Gasteiger partial charge in [-0.15, -0.1) is 0 Å². The molecule has 4 rings (SSSR count). The van der Waals surface area contributed by atoms with Crippen LogP contribution in [-0.4, -0.2) is 43.8 Å². The second-order valence-corrected chi connectivity index (χ2v) is 14.2. The Morgan fingerprint density at radius 3 is 2.11 bits per heavy atom.